The van der Waals surface area contributed by atoms with Gasteiger partial charge in [0.15, 0.2) is 11.5 Å². The molecule has 0 spiro atoms. The molecule has 2 aliphatic rings. The number of rotatable bonds is 6. The van der Waals surface area contributed by atoms with E-state index in [4.69, 9.17) is 23.7 Å². The summed E-state index contributed by atoms with van der Waals surface area (Å²) in [7, 11) is 3.26. The van der Waals surface area contributed by atoms with Gasteiger partial charge in [0.25, 0.3) is 0 Å². The second-order valence-electron chi connectivity index (χ2n) is 6.20. The highest BCUT2D eigenvalue weighted by Gasteiger charge is 2.49. The minimum atomic E-state index is -0.0509. The van der Waals surface area contributed by atoms with Crippen molar-refractivity contribution in [3.05, 3.63) is 30.4 Å². The van der Waals surface area contributed by atoms with Crippen molar-refractivity contribution < 1.29 is 23.7 Å². The molecule has 3 rings (SSSR count). The number of ether oxygens (including phenoxy) is 5. The van der Waals surface area contributed by atoms with Crippen LogP contribution in [0.15, 0.2) is 30.4 Å². The van der Waals surface area contributed by atoms with E-state index in [1.807, 2.05) is 25.1 Å². The third kappa shape index (κ3) is 3.16. The van der Waals surface area contributed by atoms with Gasteiger partial charge in [0.1, 0.15) is 19.0 Å². The molecule has 0 bridgehead atoms. The Morgan fingerprint density at radius 1 is 1.30 bits per heavy atom. The first-order valence-corrected chi connectivity index (χ1v) is 7.89. The summed E-state index contributed by atoms with van der Waals surface area (Å²) in [5.74, 6) is 2.30. The van der Waals surface area contributed by atoms with Crippen molar-refractivity contribution >= 4 is 0 Å². The van der Waals surface area contributed by atoms with Crippen LogP contribution in [0.2, 0.25) is 0 Å². The third-order valence-corrected chi connectivity index (χ3v) is 4.41. The smallest absolute Gasteiger partial charge is 0.203 e. The zero-order valence-corrected chi connectivity index (χ0v) is 13.9. The fourth-order valence-corrected chi connectivity index (χ4v) is 3.46. The van der Waals surface area contributed by atoms with Crippen molar-refractivity contribution in [2.45, 2.75) is 38.1 Å². The fourth-order valence-electron chi connectivity index (χ4n) is 3.46. The molecule has 1 fully saturated rings. The van der Waals surface area contributed by atoms with Gasteiger partial charge in [0.2, 0.25) is 5.75 Å². The molecule has 5 heteroatoms. The van der Waals surface area contributed by atoms with Gasteiger partial charge in [-0.05, 0) is 25.5 Å². The van der Waals surface area contributed by atoms with Gasteiger partial charge in [-0.15, -0.1) is 6.58 Å². The van der Waals surface area contributed by atoms with E-state index in [1.54, 1.807) is 14.2 Å². The maximum Gasteiger partial charge on any atom is 0.203 e. The van der Waals surface area contributed by atoms with Crippen LogP contribution < -0.4 is 14.2 Å². The van der Waals surface area contributed by atoms with Crippen molar-refractivity contribution in [1.29, 1.82) is 0 Å². The number of hydrogen-bond donors (Lipinski definition) is 0. The van der Waals surface area contributed by atoms with E-state index in [2.05, 4.69) is 6.58 Å². The molecule has 1 aromatic rings. The van der Waals surface area contributed by atoms with Crippen molar-refractivity contribution in [2.75, 3.05) is 21.0 Å². The van der Waals surface area contributed by atoms with E-state index < -0.39 is 0 Å². The Morgan fingerprint density at radius 3 is 2.83 bits per heavy atom. The molecule has 0 saturated heterocycles. The zero-order valence-electron chi connectivity index (χ0n) is 13.9. The summed E-state index contributed by atoms with van der Waals surface area (Å²) in [5.41, 5.74) is 1.11. The number of fused-ring (bicyclic) bond motifs is 2. The summed E-state index contributed by atoms with van der Waals surface area (Å²) < 4.78 is 28.7. The molecule has 1 aromatic carbocycles. The topological polar surface area (TPSA) is 46.2 Å². The van der Waals surface area contributed by atoms with Crippen LogP contribution in [0.3, 0.4) is 0 Å². The summed E-state index contributed by atoms with van der Waals surface area (Å²) in [6.45, 7) is 6.34. The monoisotopic (exact) mass is 320 g/mol. The lowest BCUT2D eigenvalue weighted by Crippen LogP contribution is -2.40. The number of allylic oxidation sites excluding steroid dienone is 1. The first-order chi connectivity index (χ1) is 11.1. The predicted octanol–water partition coefficient (Wildman–Crippen LogP) is 3.18. The van der Waals surface area contributed by atoms with E-state index in [0.717, 1.165) is 24.2 Å². The van der Waals surface area contributed by atoms with Crippen LogP contribution in [0.5, 0.6) is 17.2 Å². The van der Waals surface area contributed by atoms with Gasteiger partial charge in [0.05, 0.1) is 13.2 Å². The molecule has 126 valence electrons. The number of para-hydroxylation sites is 1. The average Bonchev–Trinajstić information content (AvgIpc) is 2.86. The normalized spacial score (nSPS) is 28.3. The van der Waals surface area contributed by atoms with Gasteiger partial charge in [-0.3, -0.25) is 0 Å². The lowest BCUT2D eigenvalue weighted by molar-refractivity contribution is -0.0892. The molecule has 4 atom stereocenters. The van der Waals surface area contributed by atoms with Crippen molar-refractivity contribution in [3.8, 4) is 17.2 Å². The first-order valence-electron chi connectivity index (χ1n) is 7.89. The minimum absolute atomic E-state index is 0.0296. The maximum atomic E-state index is 6.26. The third-order valence-electron chi connectivity index (χ3n) is 4.41. The Balaban J connectivity index is 1.84. The van der Waals surface area contributed by atoms with E-state index in [1.165, 1.54) is 0 Å². The van der Waals surface area contributed by atoms with Gasteiger partial charge >= 0.3 is 0 Å². The number of hydrogen-bond acceptors (Lipinski definition) is 5. The van der Waals surface area contributed by atoms with Crippen LogP contribution >= 0.6 is 0 Å². The second-order valence-corrected chi connectivity index (χ2v) is 6.20. The van der Waals surface area contributed by atoms with Gasteiger partial charge in [-0.2, -0.15) is 0 Å². The van der Waals surface area contributed by atoms with E-state index in [-0.39, 0.29) is 31.0 Å². The molecule has 0 radical (unpaired) electrons. The Labute approximate surface area is 137 Å². The highest BCUT2D eigenvalue weighted by molar-refractivity contribution is 5.52. The van der Waals surface area contributed by atoms with Crippen molar-refractivity contribution in [3.63, 3.8) is 0 Å². The van der Waals surface area contributed by atoms with Crippen LogP contribution in [0.25, 0.3) is 0 Å². The van der Waals surface area contributed by atoms with E-state index in [0.29, 0.717) is 11.5 Å². The summed E-state index contributed by atoms with van der Waals surface area (Å²) in [4.78, 5) is 0. The standard InChI is InChI=1S/C18H24O5/c1-11(2)8-12-15(21-10-19-3)9-16-17(12)22-14-7-5-6-13(20-4)18(14)23-16/h5-7,12,15-17H,1,8-10H2,2-4H3/t12-,15+,16-,17+/m0/s1. The van der Waals surface area contributed by atoms with Crippen LogP contribution in [-0.4, -0.2) is 39.3 Å². The minimum Gasteiger partial charge on any atom is -0.493 e. The molecule has 5 nitrogen and oxygen atoms in total. The molecule has 1 aliphatic carbocycles. The first kappa shape index (κ1) is 16.1. The zero-order chi connectivity index (χ0) is 16.4. The van der Waals surface area contributed by atoms with Crippen LogP contribution in [-0.2, 0) is 9.47 Å². The van der Waals surface area contributed by atoms with Crippen LogP contribution in [0.4, 0.5) is 0 Å². The lowest BCUT2D eigenvalue weighted by Gasteiger charge is -2.33. The molecular weight excluding hydrogens is 296 g/mol. The van der Waals surface area contributed by atoms with Crippen LogP contribution in [0, 0.1) is 5.92 Å². The van der Waals surface area contributed by atoms with Crippen LogP contribution in [0.1, 0.15) is 19.8 Å². The number of methoxy groups -OCH3 is 2. The maximum absolute atomic E-state index is 6.26. The van der Waals surface area contributed by atoms with Crippen molar-refractivity contribution in [2.24, 2.45) is 5.92 Å². The Bertz CT molecular complexity index is 571. The Hall–Kier alpha value is -1.72. The average molecular weight is 320 g/mol. The second kappa shape index (κ2) is 6.81. The highest BCUT2D eigenvalue weighted by Crippen LogP contribution is 2.48. The Kier molecular flexibility index (Phi) is 4.78. The summed E-state index contributed by atoms with van der Waals surface area (Å²) >= 11 is 0. The van der Waals surface area contributed by atoms with E-state index >= 15 is 0 Å². The molecule has 23 heavy (non-hydrogen) atoms. The highest BCUT2D eigenvalue weighted by atomic mass is 16.7. The van der Waals surface area contributed by atoms with Gasteiger partial charge in [0, 0.05) is 19.4 Å². The largest absolute Gasteiger partial charge is 0.493 e. The summed E-state index contributed by atoms with van der Waals surface area (Å²) in [6.07, 6.45) is 1.54. The number of benzene rings is 1. The molecule has 0 unspecified atom stereocenters. The van der Waals surface area contributed by atoms with Crippen molar-refractivity contribution in [1.82, 2.24) is 0 Å². The lowest BCUT2D eigenvalue weighted by atomic mass is 9.95. The molecule has 1 heterocycles. The van der Waals surface area contributed by atoms with Gasteiger partial charge < -0.3 is 23.7 Å². The van der Waals surface area contributed by atoms with Gasteiger partial charge in [-0.25, -0.2) is 0 Å². The molecule has 1 aliphatic heterocycles. The molecule has 0 N–H and O–H groups in total. The molecule has 0 aromatic heterocycles. The summed E-state index contributed by atoms with van der Waals surface area (Å²) in [5, 5.41) is 0. The summed E-state index contributed by atoms with van der Waals surface area (Å²) in [6, 6.07) is 5.69. The van der Waals surface area contributed by atoms with E-state index in [9.17, 15) is 0 Å². The Morgan fingerprint density at radius 2 is 2.13 bits per heavy atom. The predicted molar refractivity (Wildman–Crippen MR) is 86.1 cm³/mol. The molecule has 0 amide bonds. The fraction of sp³-hybridized carbons (Fsp3) is 0.556. The SMILES string of the molecule is C=C(C)C[C@@H]1[C@H]2Oc3cccc(OC)c3O[C@H]2C[C@H]1OCOC. The molecule has 1 saturated carbocycles. The quantitative estimate of drug-likeness (QED) is 0.595. The van der Waals surface area contributed by atoms with Gasteiger partial charge in [-0.1, -0.05) is 11.6 Å². The molecular formula is C18H24O5.